The number of nitrogens with zero attached hydrogens (tertiary/aromatic N) is 2. The van der Waals surface area contributed by atoms with Gasteiger partial charge in [0.1, 0.15) is 5.75 Å². The fourth-order valence-electron chi connectivity index (χ4n) is 3.08. The molecule has 0 saturated heterocycles. The fourth-order valence-corrected chi connectivity index (χ4v) is 3.08. The Bertz CT molecular complexity index is 568. The zero-order valence-corrected chi connectivity index (χ0v) is 13.9. The molecule has 0 aliphatic carbocycles. The van der Waals surface area contributed by atoms with Crippen LogP contribution in [-0.4, -0.2) is 36.2 Å². The van der Waals surface area contributed by atoms with Crippen molar-refractivity contribution in [3.05, 3.63) is 30.0 Å². The van der Waals surface area contributed by atoms with Crippen LogP contribution in [0.1, 0.15) is 32.3 Å². The summed E-state index contributed by atoms with van der Waals surface area (Å²) in [6.45, 7) is 7.97. The molecule has 0 saturated carbocycles. The third kappa shape index (κ3) is 3.59. The highest BCUT2D eigenvalue weighted by Crippen LogP contribution is 2.29. The summed E-state index contributed by atoms with van der Waals surface area (Å²) in [5, 5.41) is 1.32. The molecule has 2 rings (SSSR count). The molecule has 0 amide bonds. The molecule has 21 heavy (non-hydrogen) atoms. The maximum absolute atomic E-state index is 5.59. The molecular weight excluding hydrogens is 260 g/mol. The summed E-state index contributed by atoms with van der Waals surface area (Å²) in [6, 6.07) is 6.45. The normalized spacial score (nSPS) is 11.5. The standard InChI is InChI=1S/C18H28N2O/c1-5-11-20(12-6-2)14-10-16-15-9-13-19(3)17(15)7-8-18(16)21-4/h7-9,13H,5-6,10-12,14H2,1-4H3. The van der Waals surface area contributed by atoms with Crippen molar-refractivity contribution in [3.8, 4) is 5.75 Å². The van der Waals surface area contributed by atoms with Crippen LogP contribution in [0.3, 0.4) is 0 Å². The molecule has 116 valence electrons. The number of benzene rings is 1. The first kappa shape index (κ1) is 15.9. The van der Waals surface area contributed by atoms with E-state index in [0.717, 1.165) is 18.7 Å². The van der Waals surface area contributed by atoms with E-state index in [2.05, 4.69) is 54.8 Å². The highest BCUT2D eigenvalue weighted by molar-refractivity contribution is 5.86. The number of methoxy groups -OCH3 is 1. The van der Waals surface area contributed by atoms with Gasteiger partial charge in [-0.05, 0) is 50.6 Å². The molecule has 1 aromatic carbocycles. The van der Waals surface area contributed by atoms with Gasteiger partial charge in [-0.25, -0.2) is 0 Å². The Morgan fingerprint density at radius 1 is 1.05 bits per heavy atom. The van der Waals surface area contributed by atoms with Gasteiger partial charge in [0.05, 0.1) is 7.11 Å². The third-order valence-corrected chi connectivity index (χ3v) is 4.11. The van der Waals surface area contributed by atoms with Crippen LogP contribution in [0.2, 0.25) is 0 Å². The molecule has 0 bridgehead atoms. The molecule has 2 aromatic rings. The fraction of sp³-hybridized carbons (Fsp3) is 0.556. The topological polar surface area (TPSA) is 17.4 Å². The van der Waals surface area contributed by atoms with Crippen LogP contribution in [0, 0.1) is 0 Å². The molecule has 1 heterocycles. The molecule has 3 heteroatoms. The second-order valence-electron chi connectivity index (χ2n) is 5.70. The predicted octanol–water partition coefficient (Wildman–Crippen LogP) is 3.85. The molecule has 0 fully saturated rings. The average molecular weight is 288 g/mol. The average Bonchev–Trinajstić information content (AvgIpc) is 2.86. The molecule has 0 spiro atoms. The van der Waals surface area contributed by atoms with Crippen LogP contribution in [0.25, 0.3) is 10.9 Å². The molecule has 3 nitrogen and oxygen atoms in total. The van der Waals surface area contributed by atoms with Crippen molar-refractivity contribution in [2.75, 3.05) is 26.7 Å². The van der Waals surface area contributed by atoms with Gasteiger partial charge in [-0.1, -0.05) is 13.8 Å². The lowest BCUT2D eigenvalue weighted by atomic mass is 10.1. The predicted molar refractivity (Wildman–Crippen MR) is 90.2 cm³/mol. The van der Waals surface area contributed by atoms with Gasteiger partial charge in [-0.3, -0.25) is 0 Å². The van der Waals surface area contributed by atoms with E-state index in [9.17, 15) is 0 Å². The summed E-state index contributed by atoms with van der Waals surface area (Å²) in [5.74, 6) is 1.02. The molecule has 0 unspecified atom stereocenters. The largest absolute Gasteiger partial charge is 0.496 e. The number of hydrogen-bond acceptors (Lipinski definition) is 2. The summed E-state index contributed by atoms with van der Waals surface area (Å²) in [6.07, 6.45) is 5.60. The van der Waals surface area contributed by atoms with Gasteiger partial charge in [-0.15, -0.1) is 0 Å². The minimum absolute atomic E-state index is 1.02. The summed E-state index contributed by atoms with van der Waals surface area (Å²) in [4.78, 5) is 2.56. The molecule has 0 aliphatic heterocycles. The monoisotopic (exact) mass is 288 g/mol. The minimum Gasteiger partial charge on any atom is -0.496 e. The lowest BCUT2D eigenvalue weighted by molar-refractivity contribution is 0.277. The van der Waals surface area contributed by atoms with Gasteiger partial charge in [0.25, 0.3) is 0 Å². The summed E-state index contributed by atoms with van der Waals surface area (Å²) >= 11 is 0. The van der Waals surface area contributed by atoms with Crippen molar-refractivity contribution in [2.24, 2.45) is 7.05 Å². The van der Waals surface area contributed by atoms with Gasteiger partial charge in [0, 0.05) is 36.3 Å². The van der Waals surface area contributed by atoms with Gasteiger partial charge in [0.2, 0.25) is 0 Å². The van der Waals surface area contributed by atoms with Crippen molar-refractivity contribution in [1.82, 2.24) is 9.47 Å². The summed E-state index contributed by atoms with van der Waals surface area (Å²) in [7, 11) is 3.86. The second-order valence-corrected chi connectivity index (χ2v) is 5.70. The number of fused-ring (bicyclic) bond motifs is 1. The Hall–Kier alpha value is -1.48. The SMILES string of the molecule is CCCN(CCC)CCc1c(OC)ccc2c1ccn2C. The Labute approximate surface area is 128 Å². The Morgan fingerprint density at radius 2 is 1.76 bits per heavy atom. The third-order valence-electron chi connectivity index (χ3n) is 4.11. The van der Waals surface area contributed by atoms with E-state index in [-0.39, 0.29) is 0 Å². The van der Waals surface area contributed by atoms with Crippen molar-refractivity contribution >= 4 is 10.9 Å². The van der Waals surface area contributed by atoms with E-state index in [1.807, 2.05) is 0 Å². The number of aryl methyl sites for hydroxylation is 1. The highest BCUT2D eigenvalue weighted by atomic mass is 16.5. The van der Waals surface area contributed by atoms with E-state index in [1.54, 1.807) is 7.11 Å². The molecule has 0 atom stereocenters. The van der Waals surface area contributed by atoms with Gasteiger partial charge in [0.15, 0.2) is 0 Å². The summed E-state index contributed by atoms with van der Waals surface area (Å²) < 4.78 is 7.76. The molecule has 1 aromatic heterocycles. The molecule has 0 radical (unpaired) electrons. The van der Waals surface area contributed by atoms with Crippen molar-refractivity contribution in [2.45, 2.75) is 33.1 Å². The molecule has 0 N–H and O–H groups in total. The molecular formula is C18H28N2O. The van der Waals surface area contributed by atoms with Gasteiger partial charge in [-0.2, -0.15) is 0 Å². The van der Waals surface area contributed by atoms with Crippen molar-refractivity contribution in [1.29, 1.82) is 0 Å². The maximum atomic E-state index is 5.59. The van der Waals surface area contributed by atoms with Crippen LogP contribution in [0.4, 0.5) is 0 Å². The van der Waals surface area contributed by atoms with Crippen molar-refractivity contribution < 1.29 is 4.74 Å². The number of ether oxygens (including phenoxy) is 1. The second kappa shape index (κ2) is 7.51. The van der Waals surface area contributed by atoms with E-state index in [1.165, 1.54) is 42.4 Å². The van der Waals surface area contributed by atoms with Gasteiger partial charge < -0.3 is 14.2 Å². The first-order chi connectivity index (χ1) is 10.2. The Balaban J connectivity index is 2.23. The van der Waals surface area contributed by atoms with E-state index in [0.29, 0.717) is 0 Å². The van der Waals surface area contributed by atoms with Gasteiger partial charge >= 0.3 is 0 Å². The van der Waals surface area contributed by atoms with E-state index in [4.69, 9.17) is 4.74 Å². The smallest absolute Gasteiger partial charge is 0.122 e. The van der Waals surface area contributed by atoms with Crippen LogP contribution in [-0.2, 0) is 13.5 Å². The lowest BCUT2D eigenvalue weighted by Gasteiger charge is -2.21. The zero-order valence-electron chi connectivity index (χ0n) is 13.9. The van der Waals surface area contributed by atoms with Crippen LogP contribution < -0.4 is 4.74 Å². The first-order valence-electron chi connectivity index (χ1n) is 8.04. The first-order valence-corrected chi connectivity index (χ1v) is 8.04. The van der Waals surface area contributed by atoms with Crippen LogP contribution in [0.15, 0.2) is 24.4 Å². The Kier molecular flexibility index (Phi) is 5.68. The highest BCUT2D eigenvalue weighted by Gasteiger charge is 2.12. The van der Waals surface area contributed by atoms with Crippen LogP contribution >= 0.6 is 0 Å². The summed E-state index contributed by atoms with van der Waals surface area (Å²) in [5.41, 5.74) is 2.62. The zero-order chi connectivity index (χ0) is 15.2. The number of aromatic nitrogens is 1. The lowest BCUT2D eigenvalue weighted by Crippen LogP contribution is -2.27. The maximum Gasteiger partial charge on any atom is 0.122 e. The molecule has 0 aliphatic rings. The van der Waals surface area contributed by atoms with E-state index >= 15 is 0 Å². The van der Waals surface area contributed by atoms with E-state index < -0.39 is 0 Å². The quantitative estimate of drug-likeness (QED) is 0.734. The Morgan fingerprint density at radius 3 is 2.38 bits per heavy atom. The van der Waals surface area contributed by atoms with Crippen molar-refractivity contribution in [3.63, 3.8) is 0 Å². The number of rotatable bonds is 8. The number of hydrogen-bond donors (Lipinski definition) is 0. The van der Waals surface area contributed by atoms with Crippen LogP contribution in [0.5, 0.6) is 5.75 Å². The minimum atomic E-state index is 1.02.